The Labute approximate surface area is 116 Å². The van der Waals surface area contributed by atoms with Crippen LogP contribution in [-0.2, 0) is 6.54 Å². The van der Waals surface area contributed by atoms with Crippen molar-refractivity contribution in [3.05, 3.63) is 29.3 Å². The van der Waals surface area contributed by atoms with Crippen LogP contribution in [0.3, 0.4) is 0 Å². The zero-order valence-electron chi connectivity index (χ0n) is 12.1. The van der Waals surface area contributed by atoms with Crippen molar-refractivity contribution in [2.24, 2.45) is 5.73 Å². The van der Waals surface area contributed by atoms with Gasteiger partial charge in [0.15, 0.2) is 0 Å². The minimum Gasteiger partial charge on any atom is -0.370 e. The molecule has 0 spiro atoms. The summed E-state index contributed by atoms with van der Waals surface area (Å²) in [6.45, 7) is 5.17. The van der Waals surface area contributed by atoms with E-state index in [1.165, 1.54) is 49.2 Å². The molecule has 2 bridgehead atoms. The smallest absolute Gasteiger partial charge is 0.0369 e. The second kappa shape index (κ2) is 5.14. The van der Waals surface area contributed by atoms with Crippen LogP contribution < -0.4 is 10.6 Å². The number of hydrogen-bond donors (Lipinski definition) is 1. The number of likely N-dealkylation sites (N-methyl/N-ethyl adjacent to an activating group) is 1. The fourth-order valence-corrected chi connectivity index (χ4v) is 3.65. The van der Waals surface area contributed by atoms with Crippen molar-refractivity contribution in [1.82, 2.24) is 4.90 Å². The average Bonchev–Trinajstić information content (AvgIpc) is 2.63. The van der Waals surface area contributed by atoms with E-state index >= 15 is 0 Å². The topological polar surface area (TPSA) is 32.5 Å². The minimum absolute atomic E-state index is 0.638. The van der Waals surface area contributed by atoms with Crippen LogP contribution in [0.2, 0.25) is 0 Å². The summed E-state index contributed by atoms with van der Waals surface area (Å²) >= 11 is 0. The summed E-state index contributed by atoms with van der Waals surface area (Å²) in [4.78, 5) is 5.16. The lowest BCUT2D eigenvalue weighted by Crippen LogP contribution is -2.36. The second-order valence-corrected chi connectivity index (χ2v) is 6.10. The molecule has 0 amide bonds. The molecule has 2 atom stereocenters. The van der Waals surface area contributed by atoms with Crippen LogP contribution in [0.1, 0.15) is 30.4 Å². The molecular formula is C16H25N3. The molecule has 1 aromatic carbocycles. The van der Waals surface area contributed by atoms with Crippen molar-refractivity contribution in [3.63, 3.8) is 0 Å². The molecule has 19 heavy (non-hydrogen) atoms. The molecule has 2 heterocycles. The first-order valence-corrected chi connectivity index (χ1v) is 7.45. The zero-order chi connectivity index (χ0) is 13.4. The Bertz CT molecular complexity index is 457. The Morgan fingerprint density at radius 1 is 1.21 bits per heavy atom. The van der Waals surface area contributed by atoms with Crippen LogP contribution in [0.15, 0.2) is 18.2 Å². The van der Waals surface area contributed by atoms with Crippen LogP contribution in [0.5, 0.6) is 0 Å². The molecule has 2 aliphatic heterocycles. The molecule has 3 rings (SSSR count). The van der Waals surface area contributed by atoms with E-state index in [0.717, 1.165) is 12.1 Å². The van der Waals surface area contributed by atoms with E-state index in [4.69, 9.17) is 5.73 Å². The van der Waals surface area contributed by atoms with E-state index in [1.54, 1.807) is 0 Å². The quantitative estimate of drug-likeness (QED) is 0.883. The summed E-state index contributed by atoms with van der Waals surface area (Å²) in [5, 5.41) is 0. The van der Waals surface area contributed by atoms with E-state index in [1.807, 2.05) is 0 Å². The lowest BCUT2D eigenvalue weighted by Gasteiger charge is -2.28. The van der Waals surface area contributed by atoms with Crippen LogP contribution in [0.25, 0.3) is 0 Å². The normalized spacial score (nSPS) is 27.6. The lowest BCUT2D eigenvalue weighted by molar-refractivity contribution is 0.254. The van der Waals surface area contributed by atoms with Gasteiger partial charge in [0.25, 0.3) is 0 Å². The fourth-order valence-electron chi connectivity index (χ4n) is 3.65. The van der Waals surface area contributed by atoms with E-state index in [-0.39, 0.29) is 0 Å². The molecular weight excluding hydrogens is 234 g/mol. The third-order valence-corrected chi connectivity index (χ3v) is 5.06. The van der Waals surface area contributed by atoms with Gasteiger partial charge in [0.1, 0.15) is 0 Å². The van der Waals surface area contributed by atoms with Crippen LogP contribution in [0, 0.1) is 6.92 Å². The number of nitrogens with two attached hydrogens (primary N) is 1. The number of anilines is 1. The van der Waals surface area contributed by atoms with Crippen LogP contribution in [-0.4, -0.2) is 37.1 Å². The molecule has 104 valence electrons. The van der Waals surface area contributed by atoms with Gasteiger partial charge in [-0.3, -0.25) is 4.90 Å². The van der Waals surface area contributed by atoms with Crippen molar-refractivity contribution in [2.45, 2.75) is 44.8 Å². The summed E-state index contributed by atoms with van der Waals surface area (Å²) in [6.07, 6.45) is 4.04. The highest BCUT2D eigenvalue weighted by Gasteiger charge is 2.34. The van der Waals surface area contributed by atoms with Gasteiger partial charge in [-0.05, 0) is 56.5 Å². The van der Waals surface area contributed by atoms with E-state index in [0.29, 0.717) is 6.54 Å². The first-order valence-electron chi connectivity index (χ1n) is 7.45. The summed E-state index contributed by atoms with van der Waals surface area (Å²) < 4.78 is 0. The molecule has 0 aromatic heterocycles. The molecule has 0 radical (unpaired) electrons. The second-order valence-electron chi connectivity index (χ2n) is 6.10. The number of hydrogen-bond acceptors (Lipinski definition) is 3. The van der Waals surface area contributed by atoms with Crippen LogP contribution >= 0.6 is 0 Å². The Morgan fingerprint density at radius 3 is 2.74 bits per heavy atom. The van der Waals surface area contributed by atoms with Gasteiger partial charge in [-0.15, -0.1) is 0 Å². The first-order chi connectivity index (χ1) is 9.19. The predicted octanol–water partition coefficient (Wildman–Crippen LogP) is 2.13. The molecule has 3 heteroatoms. The number of aryl methyl sites for hydroxylation is 1. The summed E-state index contributed by atoms with van der Waals surface area (Å²) in [6, 6.07) is 8.29. The summed E-state index contributed by atoms with van der Waals surface area (Å²) in [5.41, 5.74) is 9.71. The Kier molecular flexibility index (Phi) is 3.50. The van der Waals surface area contributed by atoms with Gasteiger partial charge in [-0.25, -0.2) is 0 Å². The highest BCUT2D eigenvalue weighted by molar-refractivity contribution is 5.51. The number of fused-ring (bicyclic) bond motifs is 2. The Hall–Kier alpha value is -1.06. The standard InChI is InChI=1S/C16H25N3/c1-12-9-15(4-3-13(12)10-17)19-8-7-14-5-6-16(11-19)18(14)2/h3-4,9,14,16H,5-8,10-11,17H2,1-2H3. The lowest BCUT2D eigenvalue weighted by atomic mass is 10.1. The van der Waals surface area contributed by atoms with Gasteiger partial charge >= 0.3 is 0 Å². The molecule has 2 saturated heterocycles. The molecule has 2 fully saturated rings. The summed E-state index contributed by atoms with van der Waals surface area (Å²) in [7, 11) is 2.30. The number of rotatable bonds is 2. The van der Waals surface area contributed by atoms with Gasteiger partial charge in [-0.2, -0.15) is 0 Å². The molecule has 2 N–H and O–H groups in total. The van der Waals surface area contributed by atoms with Gasteiger partial charge in [0.05, 0.1) is 0 Å². The largest absolute Gasteiger partial charge is 0.370 e. The fraction of sp³-hybridized carbons (Fsp3) is 0.625. The average molecular weight is 259 g/mol. The van der Waals surface area contributed by atoms with Crippen molar-refractivity contribution in [1.29, 1.82) is 0 Å². The molecule has 0 saturated carbocycles. The zero-order valence-corrected chi connectivity index (χ0v) is 12.1. The SMILES string of the molecule is Cc1cc(N2CCC3CCC(C2)N3C)ccc1CN. The maximum absolute atomic E-state index is 5.75. The van der Waals surface area contributed by atoms with E-state index in [9.17, 15) is 0 Å². The Balaban J connectivity index is 1.81. The highest BCUT2D eigenvalue weighted by Crippen LogP contribution is 2.31. The van der Waals surface area contributed by atoms with Crippen LogP contribution in [0.4, 0.5) is 5.69 Å². The predicted molar refractivity (Wildman–Crippen MR) is 80.5 cm³/mol. The van der Waals surface area contributed by atoms with E-state index < -0.39 is 0 Å². The molecule has 2 aliphatic rings. The summed E-state index contributed by atoms with van der Waals surface area (Å²) in [5.74, 6) is 0. The maximum atomic E-state index is 5.75. The van der Waals surface area contributed by atoms with Gasteiger partial charge in [-0.1, -0.05) is 6.07 Å². The van der Waals surface area contributed by atoms with Gasteiger partial charge in [0, 0.05) is 37.4 Å². The molecule has 1 aromatic rings. The molecule has 2 unspecified atom stereocenters. The van der Waals surface area contributed by atoms with Crippen molar-refractivity contribution in [2.75, 3.05) is 25.0 Å². The highest BCUT2D eigenvalue weighted by atomic mass is 15.3. The van der Waals surface area contributed by atoms with Crippen molar-refractivity contribution < 1.29 is 0 Å². The molecule has 3 nitrogen and oxygen atoms in total. The third kappa shape index (κ3) is 2.37. The molecule has 0 aliphatic carbocycles. The maximum Gasteiger partial charge on any atom is 0.0369 e. The Morgan fingerprint density at radius 2 is 2.00 bits per heavy atom. The number of benzene rings is 1. The minimum atomic E-state index is 0.638. The monoisotopic (exact) mass is 259 g/mol. The first kappa shape index (κ1) is 12.9. The van der Waals surface area contributed by atoms with Gasteiger partial charge < -0.3 is 10.6 Å². The third-order valence-electron chi connectivity index (χ3n) is 5.06. The number of nitrogens with zero attached hydrogens (tertiary/aromatic N) is 2. The van der Waals surface area contributed by atoms with Gasteiger partial charge in [0.2, 0.25) is 0 Å². The van der Waals surface area contributed by atoms with Crippen molar-refractivity contribution in [3.8, 4) is 0 Å². The van der Waals surface area contributed by atoms with Crippen molar-refractivity contribution >= 4 is 5.69 Å². The van der Waals surface area contributed by atoms with E-state index in [2.05, 4.69) is 42.0 Å².